The van der Waals surface area contributed by atoms with Crippen molar-refractivity contribution in [2.75, 3.05) is 0 Å². The number of halogens is 2. The third kappa shape index (κ3) is 4.94. The summed E-state index contributed by atoms with van der Waals surface area (Å²) < 4.78 is 36.6. The summed E-state index contributed by atoms with van der Waals surface area (Å²) in [5, 5.41) is 2.77. The number of benzene rings is 1. The minimum Gasteiger partial charge on any atom is -0.444 e. The molecule has 0 spiro atoms. The normalized spacial score (nSPS) is 21.1. The fourth-order valence-corrected chi connectivity index (χ4v) is 2.14. The Morgan fingerprint density at radius 1 is 1.27 bits per heavy atom. The van der Waals surface area contributed by atoms with Crippen molar-refractivity contribution in [2.45, 2.75) is 58.0 Å². The van der Waals surface area contributed by atoms with E-state index in [2.05, 4.69) is 5.32 Å². The van der Waals surface area contributed by atoms with Gasteiger partial charge in [0.05, 0.1) is 12.7 Å². The molecule has 22 heavy (non-hydrogen) atoms. The Labute approximate surface area is 128 Å². The zero-order chi connectivity index (χ0) is 16.3. The van der Waals surface area contributed by atoms with Crippen LogP contribution in [-0.4, -0.2) is 23.8 Å². The van der Waals surface area contributed by atoms with Gasteiger partial charge in [0.2, 0.25) is 0 Å². The maximum atomic E-state index is 13.0. The van der Waals surface area contributed by atoms with E-state index in [1.807, 2.05) is 0 Å². The molecule has 0 aromatic heterocycles. The number of amides is 1. The monoisotopic (exact) mass is 313 g/mol. The van der Waals surface area contributed by atoms with Crippen LogP contribution in [0.3, 0.4) is 0 Å². The van der Waals surface area contributed by atoms with Crippen LogP contribution in [-0.2, 0) is 16.1 Å². The van der Waals surface area contributed by atoms with E-state index in [1.165, 1.54) is 6.07 Å². The standard InChI is InChI=1S/C16H21F2NO3/c1-16(2,3)22-15(20)19-11-7-12(8-11)21-9-10-4-5-13(17)14(18)6-10/h4-6,11-12H,7-9H2,1-3H3,(H,19,20). The lowest BCUT2D eigenvalue weighted by atomic mass is 9.89. The molecule has 4 nitrogen and oxygen atoms in total. The van der Waals surface area contributed by atoms with E-state index in [4.69, 9.17) is 9.47 Å². The Hall–Kier alpha value is -1.69. The van der Waals surface area contributed by atoms with Crippen molar-refractivity contribution in [3.63, 3.8) is 0 Å². The van der Waals surface area contributed by atoms with Crippen LogP contribution in [0.15, 0.2) is 18.2 Å². The topological polar surface area (TPSA) is 47.6 Å². The van der Waals surface area contributed by atoms with Gasteiger partial charge in [0.1, 0.15) is 5.60 Å². The van der Waals surface area contributed by atoms with Gasteiger partial charge in [-0.15, -0.1) is 0 Å². The Bertz CT molecular complexity index is 537. The predicted octanol–water partition coefficient (Wildman–Crippen LogP) is 3.54. The fraction of sp³-hybridized carbons (Fsp3) is 0.562. The highest BCUT2D eigenvalue weighted by molar-refractivity contribution is 5.68. The molecule has 122 valence electrons. The first kappa shape index (κ1) is 16.7. The van der Waals surface area contributed by atoms with Gasteiger partial charge in [0.25, 0.3) is 0 Å². The van der Waals surface area contributed by atoms with Crippen LogP contribution in [0.25, 0.3) is 0 Å². The van der Waals surface area contributed by atoms with Crippen LogP contribution in [0.5, 0.6) is 0 Å². The van der Waals surface area contributed by atoms with Crippen molar-refractivity contribution < 1.29 is 23.0 Å². The SMILES string of the molecule is CC(C)(C)OC(=O)NC1CC(OCc2ccc(F)c(F)c2)C1. The molecule has 0 radical (unpaired) electrons. The summed E-state index contributed by atoms with van der Waals surface area (Å²) in [4.78, 5) is 11.6. The molecule has 1 aliphatic rings. The average molecular weight is 313 g/mol. The zero-order valence-corrected chi connectivity index (χ0v) is 13.0. The van der Waals surface area contributed by atoms with Crippen LogP contribution in [0.1, 0.15) is 39.2 Å². The van der Waals surface area contributed by atoms with Crippen LogP contribution in [0.4, 0.5) is 13.6 Å². The largest absolute Gasteiger partial charge is 0.444 e. The minimum absolute atomic E-state index is 0.00745. The predicted molar refractivity (Wildman–Crippen MR) is 77.3 cm³/mol. The number of nitrogens with one attached hydrogen (secondary N) is 1. The third-order valence-corrected chi connectivity index (χ3v) is 3.29. The Balaban J connectivity index is 1.67. The second-order valence-corrected chi connectivity index (χ2v) is 6.50. The molecule has 1 fully saturated rings. The first-order valence-electron chi connectivity index (χ1n) is 7.28. The zero-order valence-electron chi connectivity index (χ0n) is 13.0. The van der Waals surface area contributed by atoms with Gasteiger partial charge in [-0.05, 0) is 51.3 Å². The number of carbonyl (C=O) groups is 1. The van der Waals surface area contributed by atoms with Crippen molar-refractivity contribution in [3.8, 4) is 0 Å². The summed E-state index contributed by atoms with van der Waals surface area (Å²) in [6.45, 7) is 5.64. The van der Waals surface area contributed by atoms with Gasteiger partial charge in [-0.2, -0.15) is 0 Å². The molecule has 0 bridgehead atoms. The van der Waals surface area contributed by atoms with E-state index in [9.17, 15) is 13.6 Å². The molecule has 1 amide bonds. The van der Waals surface area contributed by atoms with Gasteiger partial charge in [0, 0.05) is 6.04 Å². The Morgan fingerprint density at radius 2 is 1.95 bits per heavy atom. The quantitative estimate of drug-likeness (QED) is 0.925. The third-order valence-electron chi connectivity index (χ3n) is 3.29. The highest BCUT2D eigenvalue weighted by Gasteiger charge is 2.32. The fourth-order valence-electron chi connectivity index (χ4n) is 2.14. The molecule has 0 atom stereocenters. The first-order valence-corrected chi connectivity index (χ1v) is 7.28. The second kappa shape index (κ2) is 6.60. The van der Waals surface area contributed by atoms with Gasteiger partial charge in [0.15, 0.2) is 11.6 Å². The minimum atomic E-state index is -0.876. The summed E-state index contributed by atoms with van der Waals surface area (Å²) >= 11 is 0. The highest BCUT2D eigenvalue weighted by atomic mass is 19.2. The molecule has 1 aromatic carbocycles. The van der Waals surface area contributed by atoms with Gasteiger partial charge in [-0.25, -0.2) is 13.6 Å². The van der Waals surface area contributed by atoms with Crippen LogP contribution in [0.2, 0.25) is 0 Å². The number of hydrogen-bond donors (Lipinski definition) is 1. The van der Waals surface area contributed by atoms with E-state index >= 15 is 0 Å². The number of hydrogen-bond acceptors (Lipinski definition) is 3. The van der Waals surface area contributed by atoms with E-state index < -0.39 is 23.3 Å². The number of alkyl carbamates (subject to hydrolysis) is 1. The first-order chi connectivity index (χ1) is 10.2. The summed E-state index contributed by atoms with van der Waals surface area (Å²) in [5.74, 6) is -1.74. The number of rotatable bonds is 4. The van der Waals surface area contributed by atoms with Crippen LogP contribution >= 0.6 is 0 Å². The number of ether oxygens (including phenoxy) is 2. The van der Waals surface area contributed by atoms with E-state index in [0.29, 0.717) is 18.4 Å². The molecule has 0 heterocycles. The van der Waals surface area contributed by atoms with Gasteiger partial charge in [-0.1, -0.05) is 6.07 Å². The molecule has 0 saturated heterocycles. The van der Waals surface area contributed by atoms with Crippen molar-refractivity contribution in [3.05, 3.63) is 35.4 Å². The van der Waals surface area contributed by atoms with Crippen molar-refractivity contribution >= 4 is 6.09 Å². The maximum absolute atomic E-state index is 13.0. The molecule has 0 unspecified atom stereocenters. The summed E-state index contributed by atoms with van der Waals surface area (Å²) in [7, 11) is 0. The molecule has 1 saturated carbocycles. The Morgan fingerprint density at radius 3 is 2.55 bits per heavy atom. The van der Waals surface area contributed by atoms with Crippen LogP contribution in [0, 0.1) is 11.6 Å². The van der Waals surface area contributed by atoms with E-state index in [-0.39, 0.29) is 18.8 Å². The molecular formula is C16H21F2NO3. The van der Waals surface area contributed by atoms with E-state index in [0.717, 1.165) is 12.1 Å². The van der Waals surface area contributed by atoms with Gasteiger partial charge < -0.3 is 14.8 Å². The lowest BCUT2D eigenvalue weighted by Crippen LogP contribution is -2.49. The second-order valence-electron chi connectivity index (χ2n) is 6.50. The highest BCUT2D eigenvalue weighted by Crippen LogP contribution is 2.25. The summed E-state index contributed by atoms with van der Waals surface area (Å²) in [6.07, 6.45) is 0.941. The molecule has 0 aliphatic heterocycles. The van der Waals surface area contributed by atoms with Crippen molar-refractivity contribution in [1.29, 1.82) is 0 Å². The summed E-state index contributed by atoms with van der Waals surface area (Å²) in [6, 6.07) is 3.74. The lowest BCUT2D eigenvalue weighted by Gasteiger charge is -2.36. The summed E-state index contributed by atoms with van der Waals surface area (Å²) in [5.41, 5.74) is 0.0681. The van der Waals surface area contributed by atoms with Crippen molar-refractivity contribution in [2.24, 2.45) is 0 Å². The molecular weight excluding hydrogens is 292 g/mol. The molecule has 6 heteroatoms. The number of carbonyl (C=O) groups excluding carboxylic acids is 1. The molecule has 1 aliphatic carbocycles. The molecule has 1 N–H and O–H groups in total. The average Bonchev–Trinajstić information content (AvgIpc) is 2.33. The van der Waals surface area contributed by atoms with Gasteiger partial charge in [-0.3, -0.25) is 0 Å². The maximum Gasteiger partial charge on any atom is 0.407 e. The van der Waals surface area contributed by atoms with Gasteiger partial charge >= 0.3 is 6.09 Å². The smallest absolute Gasteiger partial charge is 0.407 e. The van der Waals surface area contributed by atoms with E-state index in [1.54, 1.807) is 20.8 Å². The molecule has 1 aromatic rings. The Kier molecular flexibility index (Phi) is 5.01. The van der Waals surface area contributed by atoms with Crippen molar-refractivity contribution in [1.82, 2.24) is 5.32 Å². The van der Waals surface area contributed by atoms with Crippen LogP contribution < -0.4 is 5.32 Å². The lowest BCUT2D eigenvalue weighted by molar-refractivity contribution is -0.0291. The molecule has 2 rings (SSSR count).